The topological polar surface area (TPSA) is 237 Å². The Morgan fingerprint density at radius 1 is 0.313 bits per heavy atom. The summed E-state index contributed by atoms with van der Waals surface area (Å²) in [4.78, 5) is 72.9. The summed E-state index contributed by atoms with van der Waals surface area (Å²) < 4.78 is 68.6. The van der Waals surface area contributed by atoms with Gasteiger partial charge in [0.2, 0.25) is 0 Å². The van der Waals surface area contributed by atoms with Gasteiger partial charge in [0.25, 0.3) is 0 Å². The standard InChI is InChI=1S/C80H152O17P2/c1-8-9-10-11-12-13-14-15-18-24-29-34-39-47-54-61-77(82)90-67-75(96-79(84)63-56-49-40-35-30-25-20-17-16-19-22-27-32-37-44-51-58-71(2)3)69-94-98(86,87)92-65-74(81)66-93-99(88,89)95-70-76(68-91-78(83)62-55-48-43-42-46-53-60-73(6)7)97-80(85)64-57-50-41-36-31-26-21-23-28-33-38-45-52-59-72(4)5/h13-15,18,71-76,81H,8-12,16-17,19-70H2,1-7H3,(H,86,87)(H,88,89)/b14-13-,18-15-/t74-,75-,76-/m1/s1. The Labute approximate surface area is 605 Å². The molecule has 0 bridgehead atoms. The monoisotopic (exact) mass is 1450 g/mol. The first-order valence-electron chi connectivity index (χ1n) is 40.7. The van der Waals surface area contributed by atoms with Crippen LogP contribution >= 0.6 is 15.6 Å². The zero-order valence-corrected chi connectivity index (χ0v) is 66.2. The third kappa shape index (κ3) is 73.6. The molecule has 0 aliphatic rings. The number of aliphatic hydroxyl groups excluding tert-OH is 1. The van der Waals surface area contributed by atoms with Crippen LogP contribution in [0.15, 0.2) is 24.3 Å². The van der Waals surface area contributed by atoms with E-state index in [4.69, 9.17) is 37.0 Å². The molecule has 584 valence electrons. The lowest BCUT2D eigenvalue weighted by Crippen LogP contribution is -2.30. The van der Waals surface area contributed by atoms with Crippen molar-refractivity contribution < 1.29 is 80.2 Å². The number of carbonyl (C=O) groups is 4. The van der Waals surface area contributed by atoms with Crippen molar-refractivity contribution in [3.8, 4) is 0 Å². The number of hydrogen-bond acceptors (Lipinski definition) is 15. The van der Waals surface area contributed by atoms with E-state index in [2.05, 4.69) is 72.8 Å². The van der Waals surface area contributed by atoms with Gasteiger partial charge in [0, 0.05) is 25.7 Å². The molecule has 17 nitrogen and oxygen atoms in total. The van der Waals surface area contributed by atoms with Gasteiger partial charge in [-0.25, -0.2) is 9.13 Å². The van der Waals surface area contributed by atoms with E-state index in [-0.39, 0.29) is 25.7 Å². The smallest absolute Gasteiger partial charge is 0.462 e. The van der Waals surface area contributed by atoms with E-state index in [9.17, 15) is 43.2 Å². The first-order valence-corrected chi connectivity index (χ1v) is 43.7. The third-order valence-corrected chi connectivity index (χ3v) is 19.9. The average Bonchev–Trinajstić information content (AvgIpc) is 0.973. The first-order chi connectivity index (χ1) is 47.7. The maximum absolute atomic E-state index is 13.1. The van der Waals surface area contributed by atoms with Gasteiger partial charge in [-0.15, -0.1) is 0 Å². The predicted molar refractivity (Wildman–Crippen MR) is 404 cm³/mol. The highest BCUT2D eigenvalue weighted by Crippen LogP contribution is 2.45. The maximum atomic E-state index is 13.1. The van der Waals surface area contributed by atoms with Crippen molar-refractivity contribution in [2.75, 3.05) is 39.6 Å². The van der Waals surface area contributed by atoms with Crippen molar-refractivity contribution in [3.05, 3.63) is 24.3 Å². The summed E-state index contributed by atoms with van der Waals surface area (Å²) >= 11 is 0. The van der Waals surface area contributed by atoms with Gasteiger partial charge in [0.05, 0.1) is 26.4 Å². The summed E-state index contributed by atoms with van der Waals surface area (Å²) in [6, 6.07) is 0. The summed E-state index contributed by atoms with van der Waals surface area (Å²) in [5, 5.41) is 10.6. The summed E-state index contributed by atoms with van der Waals surface area (Å²) in [6.07, 6.45) is 60.6. The number of phosphoric ester groups is 2. The number of phosphoric acid groups is 2. The molecular weight excluding hydrogens is 1290 g/mol. The quantitative estimate of drug-likeness (QED) is 0.0169. The van der Waals surface area contributed by atoms with Crippen LogP contribution in [0.5, 0.6) is 0 Å². The number of carbonyl (C=O) groups excluding carboxylic acids is 4. The van der Waals surface area contributed by atoms with Crippen LogP contribution in [0.2, 0.25) is 0 Å². The predicted octanol–water partition coefficient (Wildman–Crippen LogP) is 23.3. The first kappa shape index (κ1) is 96.5. The second-order valence-corrected chi connectivity index (χ2v) is 32.5. The molecule has 0 fully saturated rings. The maximum Gasteiger partial charge on any atom is 0.472 e. The van der Waals surface area contributed by atoms with Crippen LogP contribution in [-0.2, 0) is 65.4 Å². The molecule has 0 rings (SSSR count). The van der Waals surface area contributed by atoms with Gasteiger partial charge >= 0.3 is 39.5 Å². The minimum atomic E-state index is -4.97. The molecule has 99 heavy (non-hydrogen) atoms. The van der Waals surface area contributed by atoms with Gasteiger partial charge in [-0.2, -0.15) is 0 Å². The third-order valence-electron chi connectivity index (χ3n) is 18.0. The Hall–Kier alpha value is -2.46. The number of rotatable bonds is 76. The molecule has 0 aromatic carbocycles. The molecule has 19 heteroatoms. The van der Waals surface area contributed by atoms with Crippen LogP contribution in [0.3, 0.4) is 0 Å². The van der Waals surface area contributed by atoms with Gasteiger partial charge in [0.1, 0.15) is 19.3 Å². The SMILES string of the molecule is CCCCCC/C=C\C=C/CCCCCCCC(=O)OC[C@H](COP(=O)(O)OC[C@@H](O)COP(=O)(O)OC[C@@H](COC(=O)CCCCCCCCC(C)C)OC(=O)CCCCCCCCCCCCCCCC(C)C)OC(=O)CCCCCCCCCCCCCCCCCCC(C)C. The summed E-state index contributed by atoms with van der Waals surface area (Å²) in [5.41, 5.74) is 0. The average molecular weight is 1450 g/mol. The summed E-state index contributed by atoms with van der Waals surface area (Å²) in [5.74, 6) is 0.125. The summed E-state index contributed by atoms with van der Waals surface area (Å²) in [7, 11) is -9.93. The zero-order valence-electron chi connectivity index (χ0n) is 64.4. The van der Waals surface area contributed by atoms with Crippen molar-refractivity contribution >= 4 is 39.5 Å². The van der Waals surface area contributed by atoms with Gasteiger partial charge in [-0.05, 0) is 69.1 Å². The lowest BCUT2D eigenvalue weighted by atomic mass is 10.0. The lowest BCUT2D eigenvalue weighted by molar-refractivity contribution is -0.161. The van der Waals surface area contributed by atoms with Gasteiger partial charge < -0.3 is 33.8 Å². The van der Waals surface area contributed by atoms with E-state index in [1.54, 1.807) is 0 Å². The fourth-order valence-electron chi connectivity index (χ4n) is 11.8. The van der Waals surface area contributed by atoms with E-state index in [1.807, 2.05) is 0 Å². The van der Waals surface area contributed by atoms with Gasteiger partial charge in [-0.3, -0.25) is 37.3 Å². The fraction of sp³-hybridized carbons (Fsp3) is 0.900. The number of allylic oxidation sites excluding steroid dienone is 4. The second-order valence-electron chi connectivity index (χ2n) is 29.5. The van der Waals surface area contributed by atoms with Crippen molar-refractivity contribution in [1.29, 1.82) is 0 Å². The Kier molecular flexibility index (Phi) is 68.1. The molecule has 0 amide bonds. The largest absolute Gasteiger partial charge is 0.472 e. The highest BCUT2D eigenvalue weighted by molar-refractivity contribution is 7.47. The Bertz CT molecular complexity index is 2020. The molecule has 3 N–H and O–H groups in total. The molecule has 0 aliphatic carbocycles. The van der Waals surface area contributed by atoms with Crippen LogP contribution in [0.25, 0.3) is 0 Å². The van der Waals surface area contributed by atoms with Crippen molar-refractivity contribution in [3.63, 3.8) is 0 Å². The molecule has 0 radical (unpaired) electrons. The molecule has 0 aromatic rings. The van der Waals surface area contributed by atoms with E-state index in [0.29, 0.717) is 31.6 Å². The Morgan fingerprint density at radius 3 is 0.818 bits per heavy atom. The number of esters is 4. The molecule has 5 atom stereocenters. The summed E-state index contributed by atoms with van der Waals surface area (Å²) in [6.45, 7) is 11.8. The minimum absolute atomic E-state index is 0.101. The van der Waals surface area contributed by atoms with Crippen LogP contribution in [-0.4, -0.2) is 96.7 Å². The fourth-order valence-corrected chi connectivity index (χ4v) is 13.3. The molecule has 0 aliphatic heterocycles. The van der Waals surface area contributed by atoms with E-state index < -0.39 is 97.5 Å². The zero-order chi connectivity index (χ0) is 73.0. The van der Waals surface area contributed by atoms with Crippen LogP contribution in [0.1, 0.15) is 389 Å². The van der Waals surface area contributed by atoms with E-state index in [0.717, 1.165) is 127 Å². The Balaban J connectivity index is 5.26. The highest BCUT2D eigenvalue weighted by Gasteiger charge is 2.30. The molecule has 0 saturated heterocycles. The minimum Gasteiger partial charge on any atom is -0.462 e. The van der Waals surface area contributed by atoms with Crippen LogP contribution in [0, 0.1) is 17.8 Å². The number of hydrogen-bond donors (Lipinski definition) is 3. The van der Waals surface area contributed by atoms with E-state index in [1.165, 1.54) is 173 Å². The molecule has 0 spiro atoms. The van der Waals surface area contributed by atoms with Gasteiger partial charge in [0.15, 0.2) is 12.2 Å². The molecule has 2 unspecified atom stereocenters. The van der Waals surface area contributed by atoms with Crippen LogP contribution in [0.4, 0.5) is 0 Å². The number of unbranched alkanes of at least 4 members (excludes halogenated alkanes) is 41. The van der Waals surface area contributed by atoms with Gasteiger partial charge in [-0.1, -0.05) is 336 Å². The lowest BCUT2D eigenvalue weighted by Gasteiger charge is -2.21. The van der Waals surface area contributed by atoms with Crippen molar-refractivity contribution in [1.82, 2.24) is 0 Å². The van der Waals surface area contributed by atoms with E-state index >= 15 is 0 Å². The van der Waals surface area contributed by atoms with Crippen LogP contribution < -0.4 is 0 Å². The van der Waals surface area contributed by atoms with Crippen molar-refractivity contribution in [2.45, 2.75) is 407 Å². The highest BCUT2D eigenvalue weighted by atomic mass is 31.2. The molecule has 0 heterocycles. The second kappa shape index (κ2) is 69.9. The molecular formula is C80H152O17P2. The molecule has 0 saturated carbocycles. The number of aliphatic hydroxyl groups is 1. The molecule has 0 aromatic heterocycles. The normalized spacial score (nSPS) is 14.2. The number of ether oxygens (including phenoxy) is 4. The Morgan fingerprint density at radius 2 is 0.545 bits per heavy atom. The van der Waals surface area contributed by atoms with Crippen molar-refractivity contribution in [2.24, 2.45) is 17.8 Å².